The highest BCUT2D eigenvalue weighted by Crippen LogP contribution is 2.27. The zero-order chi connectivity index (χ0) is 13.1. The van der Waals surface area contributed by atoms with Gasteiger partial charge in [0.2, 0.25) is 5.91 Å². The van der Waals surface area contributed by atoms with Crippen LogP contribution < -0.4 is 0 Å². The van der Waals surface area contributed by atoms with Crippen LogP contribution in [0.5, 0.6) is 0 Å². The van der Waals surface area contributed by atoms with Crippen LogP contribution in [0.1, 0.15) is 32.1 Å². The molecule has 0 saturated carbocycles. The van der Waals surface area contributed by atoms with Crippen molar-refractivity contribution in [1.29, 1.82) is 0 Å². The van der Waals surface area contributed by atoms with Crippen molar-refractivity contribution in [1.82, 2.24) is 4.90 Å². The minimum atomic E-state index is -0.0185. The van der Waals surface area contributed by atoms with E-state index in [9.17, 15) is 4.79 Å². The molecule has 2 fully saturated rings. The van der Waals surface area contributed by atoms with Crippen LogP contribution >= 0.6 is 0 Å². The summed E-state index contributed by atoms with van der Waals surface area (Å²) >= 11 is 0. The van der Waals surface area contributed by atoms with Crippen molar-refractivity contribution in [3.63, 3.8) is 0 Å². The molecule has 19 heavy (non-hydrogen) atoms. The van der Waals surface area contributed by atoms with Crippen molar-refractivity contribution in [2.45, 2.75) is 38.4 Å². The van der Waals surface area contributed by atoms with Gasteiger partial charge in [-0.2, -0.15) is 0 Å². The van der Waals surface area contributed by atoms with E-state index >= 15 is 0 Å². The van der Waals surface area contributed by atoms with E-state index in [0.717, 1.165) is 52.0 Å². The van der Waals surface area contributed by atoms with Gasteiger partial charge >= 0.3 is 0 Å². The van der Waals surface area contributed by atoms with Crippen LogP contribution in [-0.2, 0) is 14.3 Å². The molecule has 2 saturated heterocycles. The molecular formula is C15H23NO3. The second-order valence-electron chi connectivity index (χ2n) is 5.80. The number of ether oxygens (including phenoxy) is 2. The fourth-order valence-corrected chi connectivity index (χ4v) is 3.29. The average Bonchev–Trinajstić information content (AvgIpc) is 3.12. The molecule has 4 heteroatoms. The largest absolute Gasteiger partial charge is 0.350 e. The Hall–Kier alpha value is -0.870. The number of likely N-dealkylation sites (tertiary alicyclic amines) is 1. The van der Waals surface area contributed by atoms with E-state index in [1.807, 2.05) is 4.90 Å². The number of amides is 1. The van der Waals surface area contributed by atoms with Crippen molar-refractivity contribution < 1.29 is 14.3 Å². The summed E-state index contributed by atoms with van der Waals surface area (Å²) in [5, 5.41) is 0. The number of piperidine rings is 1. The first kappa shape index (κ1) is 13.1. The van der Waals surface area contributed by atoms with E-state index in [1.165, 1.54) is 0 Å². The molecule has 1 amide bonds. The van der Waals surface area contributed by atoms with Crippen molar-refractivity contribution in [3.05, 3.63) is 12.2 Å². The molecule has 0 N–H and O–H groups in total. The van der Waals surface area contributed by atoms with E-state index in [4.69, 9.17) is 9.47 Å². The lowest BCUT2D eigenvalue weighted by Gasteiger charge is -2.34. The third-order valence-electron chi connectivity index (χ3n) is 4.47. The highest BCUT2D eigenvalue weighted by Gasteiger charge is 2.32. The van der Waals surface area contributed by atoms with Crippen LogP contribution in [0.3, 0.4) is 0 Å². The number of hydrogen-bond acceptors (Lipinski definition) is 3. The lowest BCUT2D eigenvalue weighted by atomic mass is 9.95. The summed E-state index contributed by atoms with van der Waals surface area (Å²) < 4.78 is 11.1. The number of rotatable bonds is 3. The number of hydrogen-bond donors (Lipinski definition) is 0. The second-order valence-corrected chi connectivity index (χ2v) is 5.80. The van der Waals surface area contributed by atoms with Gasteiger partial charge in [0.15, 0.2) is 6.29 Å². The quantitative estimate of drug-likeness (QED) is 0.732. The van der Waals surface area contributed by atoms with Gasteiger partial charge in [-0.05, 0) is 31.6 Å². The Morgan fingerprint density at radius 1 is 1.16 bits per heavy atom. The summed E-state index contributed by atoms with van der Waals surface area (Å²) in [5.41, 5.74) is 0. The molecule has 1 aliphatic carbocycles. The first-order chi connectivity index (χ1) is 9.33. The molecule has 106 valence electrons. The van der Waals surface area contributed by atoms with Gasteiger partial charge in [-0.1, -0.05) is 12.2 Å². The summed E-state index contributed by atoms with van der Waals surface area (Å²) in [6.07, 6.45) is 9.37. The smallest absolute Gasteiger partial charge is 0.223 e. The summed E-state index contributed by atoms with van der Waals surface area (Å²) in [7, 11) is 0. The van der Waals surface area contributed by atoms with Crippen molar-refractivity contribution in [2.24, 2.45) is 11.8 Å². The lowest BCUT2D eigenvalue weighted by Crippen LogP contribution is -2.41. The Balaban J connectivity index is 1.43. The molecule has 0 aromatic rings. The predicted octanol–water partition coefficient (Wildman–Crippen LogP) is 1.95. The Morgan fingerprint density at radius 3 is 2.53 bits per heavy atom. The minimum absolute atomic E-state index is 0.0185. The maximum atomic E-state index is 12.2. The fourth-order valence-electron chi connectivity index (χ4n) is 3.29. The topological polar surface area (TPSA) is 38.8 Å². The van der Waals surface area contributed by atoms with Gasteiger partial charge in [0.05, 0.1) is 13.2 Å². The first-order valence-electron chi connectivity index (χ1n) is 7.50. The summed E-state index contributed by atoms with van der Waals surface area (Å²) in [6.45, 7) is 3.17. The van der Waals surface area contributed by atoms with Crippen LogP contribution in [0.2, 0.25) is 0 Å². The van der Waals surface area contributed by atoms with Gasteiger partial charge in [-0.3, -0.25) is 4.79 Å². The number of nitrogens with zero attached hydrogens (tertiary/aromatic N) is 1. The normalized spacial score (nSPS) is 29.3. The molecule has 3 aliphatic rings. The van der Waals surface area contributed by atoms with Gasteiger partial charge in [-0.25, -0.2) is 0 Å². The molecule has 2 heterocycles. The van der Waals surface area contributed by atoms with Gasteiger partial charge in [-0.15, -0.1) is 0 Å². The van der Waals surface area contributed by atoms with E-state index < -0.39 is 0 Å². The van der Waals surface area contributed by atoms with Gasteiger partial charge in [0.25, 0.3) is 0 Å². The van der Waals surface area contributed by atoms with Crippen molar-refractivity contribution in [3.8, 4) is 0 Å². The highest BCUT2D eigenvalue weighted by atomic mass is 16.7. The van der Waals surface area contributed by atoms with Gasteiger partial charge in [0, 0.05) is 25.4 Å². The summed E-state index contributed by atoms with van der Waals surface area (Å²) in [6, 6.07) is 0. The summed E-state index contributed by atoms with van der Waals surface area (Å²) in [5.74, 6) is 1.27. The molecule has 1 atom stereocenters. The van der Waals surface area contributed by atoms with E-state index in [-0.39, 0.29) is 6.29 Å². The first-order valence-corrected chi connectivity index (χ1v) is 7.50. The third kappa shape index (κ3) is 3.18. The second kappa shape index (κ2) is 6.06. The molecule has 0 bridgehead atoms. The maximum absolute atomic E-state index is 12.2. The lowest BCUT2D eigenvalue weighted by molar-refractivity contribution is -0.137. The van der Waals surface area contributed by atoms with Crippen LogP contribution in [0.25, 0.3) is 0 Å². The van der Waals surface area contributed by atoms with Crippen LogP contribution in [0, 0.1) is 11.8 Å². The Labute approximate surface area is 114 Å². The van der Waals surface area contributed by atoms with E-state index in [0.29, 0.717) is 24.2 Å². The zero-order valence-electron chi connectivity index (χ0n) is 11.4. The fraction of sp³-hybridized carbons (Fsp3) is 0.800. The van der Waals surface area contributed by atoms with Gasteiger partial charge in [0.1, 0.15) is 0 Å². The molecule has 2 aliphatic heterocycles. The number of carbonyl (C=O) groups is 1. The molecule has 4 nitrogen and oxygen atoms in total. The average molecular weight is 265 g/mol. The van der Waals surface area contributed by atoms with Crippen LogP contribution in [0.15, 0.2) is 12.2 Å². The highest BCUT2D eigenvalue weighted by molar-refractivity contribution is 5.76. The number of allylic oxidation sites excluding steroid dienone is 2. The predicted molar refractivity (Wildman–Crippen MR) is 71.5 cm³/mol. The molecule has 3 rings (SSSR count). The Bertz CT molecular complexity index is 341. The Kier molecular flexibility index (Phi) is 4.18. The standard InChI is InChI=1S/C15H23NO3/c17-14(11-12-3-1-2-4-12)16-7-5-13(6-8-16)15-18-9-10-19-15/h1,3,12-13,15H,2,4-11H2. The Morgan fingerprint density at radius 2 is 1.89 bits per heavy atom. The molecule has 1 unspecified atom stereocenters. The minimum Gasteiger partial charge on any atom is -0.350 e. The molecular weight excluding hydrogens is 242 g/mol. The molecule has 0 spiro atoms. The van der Waals surface area contributed by atoms with Crippen LogP contribution in [0.4, 0.5) is 0 Å². The van der Waals surface area contributed by atoms with Gasteiger partial charge < -0.3 is 14.4 Å². The van der Waals surface area contributed by atoms with E-state index in [1.54, 1.807) is 0 Å². The SMILES string of the molecule is O=C(CC1C=CCC1)N1CCC(C2OCCO2)CC1. The van der Waals surface area contributed by atoms with Crippen LogP contribution in [-0.4, -0.2) is 43.4 Å². The maximum Gasteiger partial charge on any atom is 0.223 e. The molecule has 0 aromatic carbocycles. The summed E-state index contributed by atoms with van der Waals surface area (Å²) in [4.78, 5) is 14.2. The van der Waals surface area contributed by atoms with Crippen molar-refractivity contribution in [2.75, 3.05) is 26.3 Å². The van der Waals surface area contributed by atoms with Crippen molar-refractivity contribution >= 4 is 5.91 Å². The zero-order valence-corrected chi connectivity index (χ0v) is 11.4. The third-order valence-corrected chi connectivity index (χ3v) is 4.47. The monoisotopic (exact) mass is 265 g/mol. The number of carbonyl (C=O) groups excluding carboxylic acids is 1. The molecule has 0 aromatic heterocycles. The van der Waals surface area contributed by atoms with E-state index in [2.05, 4.69) is 12.2 Å². The molecule has 0 radical (unpaired) electrons.